The van der Waals surface area contributed by atoms with E-state index in [0.29, 0.717) is 23.0 Å². The van der Waals surface area contributed by atoms with E-state index in [1.807, 2.05) is 51.7 Å². The van der Waals surface area contributed by atoms with Crippen molar-refractivity contribution in [2.75, 3.05) is 31.1 Å². The predicted molar refractivity (Wildman–Crippen MR) is 127 cm³/mol. The highest BCUT2D eigenvalue weighted by Gasteiger charge is 2.21. The molecule has 0 amide bonds. The van der Waals surface area contributed by atoms with Gasteiger partial charge in [-0.1, -0.05) is 18.2 Å². The zero-order valence-electron chi connectivity index (χ0n) is 17.8. The number of para-hydroxylation sites is 1. The molecule has 2 aromatic heterocycles. The number of anilines is 1. The Balaban J connectivity index is 1.33. The van der Waals surface area contributed by atoms with Gasteiger partial charge in [0.25, 0.3) is 5.69 Å². The summed E-state index contributed by atoms with van der Waals surface area (Å²) >= 11 is 5.80. The predicted octanol–water partition coefficient (Wildman–Crippen LogP) is 4.35. The van der Waals surface area contributed by atoms with Gasteiger partial charge in [0.05, 0.1) is 23.5 Å². The highest BCUT2D eigenvalue weighted by atomic mass is 32.1. The van der Waals surface area contributed by atoms with E-state index >= 15 is 0 Å². The summed E-state index contributed by atoms with van der Waals surface area (Å²) in [6, 6.07) is 20.3. The molecule has 9 nitrogen and oxygen atoms in total. The van der Waals surface area contributed by atoms with Crippen LogP contribution in [0.5, 0.6) is 0 Å². The van der Waals surface area contributed by atoms with Gasteiger partial charge in [-0.15, -0.1) is 5.10 Å². The minimum Gasteiger partial charge on any atom is -0.461 e. The number of nitrogens with zero attached hydrogens (tertiary/aromatic N) is 6. The van der Waals surface area contributed by atoms with E-state index in [4.69, 9.17) is 21.7 Å². The molecule has 1 aliphatic rings. The first-order chi connectivity index (χ1) is 16.1. The van der Waals surface area contributed by atoms with E-state index in [-0.39, 0.29) is 10.6 Å². The van der Waals surface area contributed by atoms with Gasteiger partial charge in [-0.3, -0.25) is 19.6 Å². The second-order valence-corrected chi connectivity index (χ2v) is 8.14. The standard InChI is InChI=1S/C23H22N6O3S/c30-29(31)20-10-8-18(9-11-20)26-14-12-25(13-15-26)17-27-23(33)28(19-5-2-1-3-6-19)22(24-27)21-7-4-16-32-21/h1-11,16H,12-15,17H2. The molecule has 1 saturated heterocycles. The van der Waals surface area contributed by atoms with E-state index in [0.717, 1.165) is 37.6 Å². The van der Waals surface area contributed by atoms with Crippen LogP contribution < -0.4 is 4.90 Å². The molecule has 0 bridgehead atoms. The Bertz CT molecular complexity index is 1290. The lowest BCUT2D eigenvalue weighted by atomic mass is 10.2. The zero-order chi connectivity index (χ0) is 22.8. The molecule has 0 atom stereocenters. The van der Waals surface area contributed by atoms with Crippen molar-refractivity contribution in [3.63, 3.8) is 0 Å². The molecule has 10 heteroatoms. The largest absolute Gasteiger partial charge is 0.461 e. The summed E-state index contributed by atoms with van der Waals surface area (Å²) < 4.78 is 9.99. The number of hydrogen-bond donors (Lipinski definition) is 0. The molecule has 5 rings (SSSR count). The first-order valence-corrected chi connectivity index (χ1v) is 11.0. The van der Waals surface area contributed by atoms with Gasteiger partial charge in [-0.25, -0.2) is 4.68 Å². The van der Waals surface area contributed by atoms with Crippen LogP contribution in [-0.4, -0.2) is 50.3 Å². The number of aromatic nitrogens is 3. The van der Waals surface area contributed by atoms with Crippen LogP contribution >= 0.6 is 12.2 Å². The van der Waals surface area contributed by atoms with Gasteiger partial charge in [-0.2, -0.15) is 0 Å². The normalized spacial score (nSPS) is 14.5. The molecular formula is C23H22N6O3S. The molecule has 0 spiro atoms. The van der Waals surface area contributed by atoms with Gasteiger partial charge in [0.1, 0.15) is 0 Å². The van der Waals surface area contributed by atoms with Gasteiger partial charge in [0.15, 0.2) is 5.76 Å². The van der Waals surface area contributed by atoms with Crippen molar-refractivity contribution in [1.82, 2.24) is 19.2 Å². The average Bonchev–Trinajstić information content (AvgIpc) is 3.49. The lowest BCUT2D eigenvalue weighted by Crippen LogP contribution is -2.47. The topological polar surface area (TPSA) is 85.5 Å². The number of rotatable bonds is 6. The fraction of sp³-hybridized carbons (Fsp3) is 0.217. The van der Waals surface area contributed by atoms with Crippen LogP contribution in [0.25, 0.3) is 17.3 Å². The quantitative estimate of drug-likeness (QED) is 0.239. The summed E-state index contributed by atoms with van der Waals surface area (Å²) in [5.74, 6) is 1.33. The molecule has 0 radical (unpaired) electrons. The van der Waals surface area contributed by atoms with Gasteiger partial charge in [-0.05, 0) is 48.6 Å². The zero-order valence-corrected chi connectivity index (χ0v) is 18.6. The van der Waals surface area contributed by atoms with Crippen LogP contribution in [0.3, 0.4) is 0 Å². The van der Waals surface area contributed by atoms with E-state index in [2.05, 4.69) is 9.80 Å². The van der Waals surface area contributed by atoms with Gasteiger partial charge in [0.2, 0.25) is 10.6 Å². The van der Waals surface area contributed by atoms with Crippen molar-refractivity contribution < 1.29 is 9.34 Å². The maximum atomic E-state index is 10.9. The fourth-order valence-electron chi connectivity index (χ4n) is 4.00. The number of nitro benzene ring substituents is 1. The third-order valence-corrected chi connectivity index (χ3v) is 6.12. The Kier molecular flexibility index (Phi) is 5.76. The number of furan rings is 1. The number of benzene rings is 2. The molecule has 4 aromatic rings. The van der Waals surface area contributed by atoms with Crippen LogP contribution in [0.1, 0.15) is 0 Å². The molecule has 0 unspecified atom stereocenters. The van der Waals surface area contributed by atoms with Gasteiger partial charge < -0.3 is 9.32 Å². The third kappa shape index (κ3) is 4.30. The minimum atomic E-state index is -0.378. The first kappa shape index (κ1) is 21.1. The number of hydrogen-bond acceptors (Lipinski definition) is 7. The molecule has 1 fully saturated rings. The second kappa shape index (κ2) is 9.00. The van der Waals surface area contributed by atoms with Crippen molar-refractivity contribution in [2.24, 2.45) is 0 Å². The van der Waals surface area contributed by atoms with Crippen LogP contribution in [-0.2, 0) is 6.67 Å². The third-order valence-electron chi connectivity index (χ3n) is 5.73. The van der Waals surface area contributed by atoms with Crippen LogP contribution in [0.15, 0.2) is 77.4 Å². The van der Waals surface area contributed by atoms with Crippen molar-refractivity contribution >= 4 is 23.6 Å². The Labute approximate surface area is 195 Å². The van der Waals surface area contributed by atoms with Crippen LogP contribution in [0, 0.1) is 14.9 Å². The lowest BCUT2D eigenvalue weighted by molar-refractivity contribution is -0.384. The molecule has 3 heterocycles. The first-order valence-electron chi connectivity index (χ1n) is 10.6. The number of piperazine rings is 1. The summed E-state index contributed by atoms with van der Waals surface area (Å²) in [5, 5.41) is 15.7. The van der Waals surface area contributed by atoms with Crippen molar-refractivity contribution in [3.05, 3.63) is 87.9 Å². The van der Waals surface area contributed by atoms with E-state index in [1.54, 1.807) is 30.5 Å². The molecular weight excluding hydrogens is 440 g/mol. The highest BCUT2D eigenvalue weighted by Crippen LogP contribution is 2.24. The van der Waals surface area contributed by atoms with E-state index < -0.39 is 0 Å². The number of non-ortho nitro benzene ring substituents is 1. The maximum Gasteiger partial charge on any atom is 0.269 e. The Morgan fingerprint density at radius 3 is 2.30 bits per heavy atom. The molecule has 2 aromatic carbocycles. The highest BCUT2D eigenvalue weighted by molar-refractivity contribution is 7.71. The minimum absolute atomic E-state index is 0.105. The lowest BCUT2D eigenvalue weighted by Gasteiger charge is -2.35. The van der Waals surface area contributed by atoms with Crippen LogP contribution in [0.4, 0.5) is 11.4 Å². The fourth-order valence-corrected chi connectivity index (χ4v) is 4.29. The Morgan fingerprint density at radius 2 is 1.67 bits per heavy atom. The Morgan fingerprint density at radius 1 is 0.939 bits per heavy atom. The molecule has 168 valence electrons. The maximum absolute atomic E-state index is 10.9. The van der Waals surface area contributed by atoms with E-state index in [1.165, 1.54) is 0 Å². The summed E-state index contributed by atoms with van der Waals surface area (Å²) in [6.07, 6.45) is 1.63. The number of nitro groups is 1. The monoisotopic (exact) mass is 462 g/mol. The molecule has 1 aliphatic heterocycles. The average molecular weight is 463 g/mol. The summed E-state index contributed by atoms with van der Waals surface area (Å²) in [6.45, 7) is 3.85. The molecule has 0 N–H and O–H groups in total. The van der Waals surface area contributed by atoms with Crippen molar-refractivity contribution in [3.8, 4) is 17.3 Å². The van der Waals surface area contributed by atoms with Crippen LogP contribution in [0.2, 0.25) is 0 Å². The van der Waals surface area contributed by atoms with E-state index in [9.17, 15) is 10.1 Å². The second-order valence-electron chi connectivity index (χ2n) is 7.77. The summed E-state index contributed by atoms with van der Waals surface area (Å²) in [7, 11) is 0. The molecule has 0 saturated carbocycles. The summed E-state index contributed by atoms with van der Waals surface area (Å²) in [4.78, 5) is 15.0. The SMILES string of the molecule is O=[N+]([O-])c1ccc(N2CCN(Cn3nc(-c4ccco4)n(-c4ccccc4)c3=S)CC2)cc1. The molecule has 0 aliphatic carbocycles. The van der Waals surface area contributed by atoms with Gasteiger partial charge >= 0.3 is 0 Å². The van der Waals surface area contributed by atoms with Crippen molar-refractivity contribution in [2.45, 2.75) is 6.67 Å². The Hall–Kier alpha value is -3.76. The molecule has 33 heavy (non-hydrogen) atoms. The smallest absolute Gasteiger partial charge is 0.269 e. The summed E-state index contributed by atoms with van der Waals surface area (Å²) in [5.41, 5.74) is 2.03. The van der Waals surface area contributed by atoms with Gasteiger partial charge in [0, 0.05) is 44.0 Å². The van der Waals surface area contributed by atoms with Crippen molar-refractivity contribution in [1.29, 1.82) is 0 Å².